The van der Waals surface area contributed by atoms with Crippen molar-refractivity contribution >= 4 is 29.0 Å². The van der Waals surface area contributed by atoms with Crippen molar-refractivity contribution in [2.75, 3.05) is 0 Å². The van der Waals surface area contributed by atoms with E-state index in [0.29, 0.717) is 22.2 Å². The molecule has 0 atom stereocenters. The SMILES string of the molecule is Cc1cccc(-c2c(Cl)nc3ncnn3c2Cl)n1. The normalized spacial score (nSPS) is 11.1. The van der Waals surface area contributed by atoms with Gasteiger partial charge in [-0.1, -0.05) is 29.3 Å². The van der Waals surface area contributed by atoms with Crippen LogP contribution in [0.15, 0.2) is 24.5 Å². The number of halogens is 2. The largest absolute Gasteiger partial charge is 0.255 e. The van der Waals surface area contributed by atoms with E-state index in [1.807, 2.05) is 25.1 Å². The molecular weight excluding hydrogens is 273 g/mol. The zero-order chi connectivity index (χ0) is 12.7. The first-order valence-electron chi connectivity index (χ1n) is 5.15. The maximum absolute atomic E-state index is 6.27. The van der Waals surface area contributed by atoms with Crippen LogP contribution >= 0.6 is 23.2 Å². The molecule has 0 saturated carbocycles. The number of hydrogen-bond acceptors (Lipinski definition) is 4. The number of pyridine rings is 1. The molecule has 0 aromatic carbocycles. The highest BCUT2D eigenvalue weighted by atomic mass is 35.5. The molecule has 0 aliphatic rings. The summed E-state index contributed by atoms with van der Waals surface area (Å²) in [4.78, 5) is 12.5. The van der Waals surface area contributed by atoms with Gasteiger partial charge in [0.1, 0.15) is 16.6 Å². The lowest BCUT2D eigenvalue weighted by molar-refractivity contribution is 0.940. The van der Waals surface area contributed by atoms with E-state index in [1.54, 1.807) is 0 Å². The summed E-state index contributed by atoms with van der Waals surface area (Å²) in [6, 6.07) is 5.60. The lowest BCUT2D eigenvalue weighted by Crippen LogP contribution is -1.99. The third-order valence-corrected chi connectivity index (χ3v) is 3.09. The molecule has 5 nitrogen and oxygen atoms in total. The Morgan fingerprint density at radius 3 is 2.78 bits per heavy atom. The molecule has 3 rings (SSSR count). The molecule has 0 spiro atoms. The van der Waals surface area contributed by atoms with Crippen LogP contribution in [0.1, 0.15) is 5.69 Å². The molecule has 3 heterocycles. The Morgan fingerprint density at radius 1 is 1.17 bits per heavy atom. The summed E-state index contributed by atoms with van der Waals surface area (Å²) < 4.78 is 1.42. The summed E-state index contributed by atoms with van der Waals surface area (Å²) >= 11 is 12.4. The van der Waals surface area contributed by atoms with Gasteiger partial charge in [0, 0.05) is 5.69 Å². The van der Waals surface area contributed by atoms with E-state index in [1.165, 1.54) is 10.8 Å². The number of fused-ring (bicyclic) bond motifs is 1. The first kappa shape index (κ1) is 11.4. The quantitative estimate of drug-likeness (QED) is 0.643. The van der Waals surface area contributed by atoms with E-state index in [0.717, 1.165) is 5.69 Å². The van der Waals surface area contributed by atoms with Crippen molar-refractivity contribution in [3.05, 3.63) is 40.5 Å². The van der Waals surface area contributed by atoms with Gasteiger partial charge in [-0.3, -0.25) is 4.98 Å². The summed E-state index contributed by atoms with van der Waals surface area (Å²) in [6.45, 7) is 1.90. The highest BCUT2D eigenvalue weighted by Gasteiger charge is 2.16. The Balaban J connectivity index is 2.34. The summed E-state index contributed by atoms with van der Waals surface area (Å²) in [6.07, 6.45) is 1.37. The van der Waals surface area contributed by atoms with Crippen LogP contribution in [0.3, 0.4) is 0 Å². The minimum Gasteiger partial charge on any atom is -0.253 e. The third kappa shape index (κ3) is 1.72. The zero-order valence-electron chi connectivity index (χ0n) is 9.30. The smallest absolute Gasteiger partial charge is 0.253 e. The molecule has 0 amide bonds. The summed E-state index contributed by atoms with van der Waals surface area (Å²) in [5.41, 5.74) is 2.09. The molecule has 0 saturated heterocycles. The van der Waals surface area contributed by atoms with Crippen LogP contribution in [-0.4, -0.2) is 24.6 Å². The van der Waals surface area contributed by atoms with E-state index in [9.17, 15) is 0 Å². The van der Waals surface area contributed by atoms with Crippen molar-refractivity contribution in [3.8, 4) is 11.3 Å². The molecule has 0 aliphatic heterocycles. The van der Waals surface area contributed by atoms with Crippen LogP contribution in [-0.2, 0) is 0 Å². The highest BCUT2D eigenvalue weighted by molar-refractivity contribution is 6.37. The van der Waals surface area contributed by atoms with Crippen LogP contribution in [0.5, 0.6) is 0 Å². The van der Waals surface area contributed by atoms with Crippen molar-refractivity contribution in [2.45, 2.75) is 6.92 Å². The van der Waals surface area contributed by atoms with Crippen LogP contribution in [0, 0.1) is 6.92 Å². The van der Waals surface area contributed by atoms with Crippen molar-refractivity contribution in [1.29, 1.82) is 0 Å². The molecular formula is C11H7Cl2N5. The maximum Gasteiger partial charge on any atom is 0.255 e. The molecule has 0 unspecified atom stereocenters. The average molecular weight is 280 g/mol. The molecule has 7 heteroatoms. The van der Waals surface area contributed by atoms with E-state index in [4.69, 9.17) is 23.2 Å². The number of rotatable bonds is 1. The minimum absolute atomic E-state index is 0.263. The third-order valence-electron chi connectivity index (χ3n) is 2.47. The van der Waals surface area contributed by atoms with Gasteiger partial charge in [0.25, 0.3) is 5.78 Å². The molecule has 0 fully saturated rings. The lowest BCUT2D eigenvalue weighted by atomic mass is 10.2. The van der Waals surface area contributed by atoms with Crippen LogP contribution in [0.4, 0.5) is 0 Å². The van der Waals surface area contributed by atoms with Gasteiger partial charge >= 0.3 is 0 Å². The molecule has 90 valence electrons. The van der Waals surface area contributed by atoms with Gasteiger partial charge < -0.3 is 0 Å². The van der Waals surface area contributed by atoms with Crippen LogP contribution in [0.25, 0.3) is 17.0 Å². The molecule has 0 N–H and O–H groups in total. The van der Waals surface area contributed by atoms with Crippen molar-refractivity contribution < 1.29 is 0 Å². The zero-order valence-corrected chi connectivity index (χ0v) is 10.8. The van der Waals surface area contributed by atoms with Crippen LogP contribution < -0.4 is 0 Å². The van der Waals surface area contributed by atoms with Gasteiger partial charge in [0.2, 0.25) is 0 Å². The number of aryl methyl sites for hydroxylation is 1. The van der Waals surface area contributed by atoms with Gasteiger partial charge in [-0.05, 0) is 19.1 Å². The highest BCUT2D eigenvalue weighted by Crippen LogP contribution is 2.32. The van der Waals surface area contributed by atoms with E-state index in [-0.39, 0.29) is 5.15 Å². The molecule has 18 heavy (non-hydrogen) atoms. The lowest BCUT2D eigenvalue weighted by Gasteiger charge is -2.07. The first-order valence-corrected chi connectivity index (χ1v) is 5.91. The van der Waals surface area contributed by atoms with Crippen molar-refractivity contribution in [2.24, 2.45) is 0 Å². The van der Waals surface area contributed by atoms with E-state index >= 15 is 0 Å². The second kappa shape index (κ2) is 4.19. The second-order valence-corrected chi connectivity index (χ2v) is 4.42. The Bertz CT molecular complexity index is 737. The molecule has 0 radical (unpaired) electrons. The van der Waals surface area contributed by atoms with Gasteiger partial charge in [0.05, 0.1) is 11.3 Å². The first-order chi connectivity index (χ1) is 8.66. The Labute approximate surface area is 112 Å². The topological polar surface area (TPSA) is 56.0 Å². The Hall–Kier alpha value is -1.72. The summed E-state index contributed by atoms with van der Waals surface area (Å²) in [5, 5.41) is 4.60. The second-order valence-electron chi connectivity index (χ2n) is 3.70. The molecule has 3 aromatic heterocycles. The van der Waals surface area contributed by atoms with Gasteiger partial charge in [-0.2, -0.15) is 19.6 Å². The molecule has 0 bridgehead atoms. The summed E-state index contributed by atoms with van der Waals surface area (Å²) in [5.74, 6) is 0.362. The molecule has 0 aliphatic carbocycles. The van der Waals surface area contributed by atoms with Gasteiger partial charge in [0.15, 0.2) is 0 Å². The monoisotopic (exact) mass is 279 g/mol. The fourth-order valence-corrected chi connectivity index (χ4v) is 2.29. The molecule has 3 aromatic rings. The van der Waals surface area contributed by atoms with Gasteiger partial charge in [-0.15, -0.1) is 0 Å². The van der Waals surface area contributed by atoms with Crippen LogP contribution in [0.2, 0.25) is 10.3 Å². The fraction of sp³-hybridized carbons (Fsp3) is 0.0909. The van der Waals surface area contributed by atoms with Gasteiger partial charge in [-0.25, -0.2) is 0 Å². The predicted octanol–water partition coefficient (Wildman–Crippen LogP) is 2.80. The Morgan fingerprint density at radius 2 is 2.00 bits per heavy atom. The minimum atomic E-state index is 0.263. The summed E-state index contributed by atoms with van der Waals surface area (Å²) in [7, 11) is 0. The van der Waals surface area contributed by atoms with Crippen molar-refractivity contribution in [3.63, 3.8) is 0 Å². The standard InChI is InChI=1S/C11H7Cl2N5/c1-6-3-2-4-7(16-6)8-9(12)17-11-14-5-15-18(11)10(8)13/h2-5H,1H3. The van der Waals surface area contributed by atoms with E-state index in [2.05, 4.69) is 20.1 Å². The van der Waals surface area contributed by atoms with E-state index < -0.39 is 0 Å². The predicted molar refractivity (Wildman–Crippen MR) is 68.8 cm³/mol. The number of nitrogens with zero attached hydrogens (tertiary/aromatic N) is 5. The number of hydrogen-bond donors (Lipinski definition) is 0. The maximum atomic E-state index is 6.27. The number of aromatic nitrogens is 5. The average Bonchev–Trinajstić information content (AvgIpc) is 2.77. The Kier molecular flexibility index (Phi) is 2.65. The van der Waals surface area contributed by atoms with Crippen molar-refractivity contribution in [1.82, 2.24) is 24.6 Å². The fourth-order valence-electron chi connectivity index (χ4n) is 1.68.